The van der Waals surface area contributed by atoms with E-state index < -0.39 is 0 Å². The number of carbonyl (C=O) groups excluding carboxylic acids is 1. The highest BCUT2D eigenvalue weighted by molar-refractivity contribution is 8.00. The Kier molecular flexibility index (Phi) is 5.07. The fourth-order valence-corrected chi connectivity index (χ4v) is 2.59. The SMILES string of the molecule is Cc1ccc(S[C@@H](C)C(=O)Nc2cc(C(C)C)on2)cc1. The van der Waals surface area contributed by atoms with Gasteiger partial charge < -0.3 is 9.84 Å². The highest BCUT2D eigenvalue weighted by atomic mass is 32.2. The van der Waals surface area contributed by atoms with Crippen molar-refractivity contribution in [1.82, 2.24) is 5.16 Å². The number of hydrogen-bond donors (Lipinski definition) is 1. The zero-order valence-corrected chi connectivity index (χ0v) is 13.5. The summed E-state index contributed by atoms with van der Waals surface area (Å²) in [5.41, 5.74) is 1.21. The maximum Gasteiger partial charge on any atom is 0.238 e. The Morgan fingerprint density at radius 1 is 1.24 bits per heavy atom. The van der Waals surface area contributed by atoms with Crippen LogP contribution in [0.4, 0.5) is 5.82 Å². The van der Waals surface area contributed by atoms with Crippen molar-refractivity contribution in [3.05, 3.63) is 41.7 Å². The number of aromatic nitrogens is 1. The van der Waals surface area contributed by atoms with Crippen molar-refractivity contribution in [2.24, 2.45) is 0 Å². The molecule has 1 amide bonds. The molecule has 1 aromatic heterocycles. The van der Waals surface area contributed by atoms with Crippen LogP contribution in [0.15, 0.2) is 39.8 Å². The number of rotatable bonds is 5. The number of aryl methyl sites for hydroxylation is 1. The molecule has 4 nitrogen and oxygen atoms in total. The lowest BCUT2D eigenvalue weighted by atomic mass is 10.2. The molecule has 2 rings (SSSR count). The lowest BCUT2D eigenvalue weighted by molar-refractivity contribution is -0.115. The Morgan fingerprint density at radius 2 is 1.90 bits per heavy atom. The normalized spacial score (nSPS) is 12.4. The largest absolute Gasteiger partial charge is 0.359 e. The Labute approximate surface area is 129 Å². The molecule has 1 N–H and O–H groups in total. The molecule has 0 fully saturated rings. The van der Waals surface area contributed by atoms with Crippen molar-refractivity contribution < 1.29 is 9.32 Å². The van der Waals surface area contributed by atoms with Crippen molar-refractivity contribution in [2.75, 3.05) is 5.32 Å². The maximum absolute atomic E-state index is 12.1. The standard InChI is InChI=1S/C16H20N2O2S/c1-10(2)14-9-15(18-20-14)17-16(19)12(4)21-13-7-5-11(3)6-8-13/h5-10,12H,1-4H3,(H,17,18,19)/t12-/m0/s1. The van der Waals surface area contributed by atoms with Gasteiger partial charge in [0.05, 0.1) is 5.25 Å². The van der Waals surface area contributed by atoms with E-state index in [1.165, 1.54) is 17.3 Å². The van der Waals surface area contributed by atoms with Gasteiger partial charge in [0.1, 0.15) is 5.76 Å². The van der Waals surface area contributed by atoms with Gasteiger partial charge in [0.15, 0.2) is 5.82 Å². The molecular formula is C16H20N2O2S. The Balaban J connectivity index is 1.94. The van der Waals surface area contributed by atoms with Crippen molar-refractivity contribution >= 4 is 23.5 Å². The third-order valence-corrected chi connectivity index (χ3v) is 4.16. The number of carbonyl (C=O) groups is 1. The van der Waals surface area contributed by atoms with Gasteiger partial charge in [-0.1, -0.05) is 36.7 Å². The van der Waals surface area contributed by atoms with Crippen molar-refractivity contribution in [2.45, 2.75) is 43.8 Å². The Bertz CT molecular complexity index is 605. The predicted octanol–water partition coefficient (Wildman–Crippen LogP) is 4.23. The fourth-order valence-electron chi connectivity index (χ4n) is 1.72. The lowest BCUT2D eigenvalue weighted by Crippen LogP contribution is -2.22. The van der Waals surface area contributed by atoms with Crippen molar-refractivity contribution in [3.63, 3.8) is 0 Å². The van der Waals surface area contributed by atoms with Gasteiger partial charge >= 0.3 is 0 Å². The highest BCUT2D eigenvalue weighted by Crippen LogP contribution is 2.25. The van der Waals surface area contributed by atoms with Crippen LogP contribution in [0.3, 0.4) is 0 Å². The summed E-state index contributed by atoms with van der Waals surface area (Å²) >= 11 is 1.52. The molecule has 0 aliphatic rings. The minimum atomic E-state index is -0.202. The molecule has 1 heterocycles. The van der Waals surface area contributed by atoms with Crippen LogP contribution in [-0.4, -0.2) is 16.3 Å². The summed E-state index contributed by atoms with van der Waals surface area (Å²) in [6, 6.07) is 9.90. The molecule has 1 atom stereocenters. The van der Waals surface area contributed by atoms with E-state index in [0.717, 1.165) is 10.7 Å². The molecule has 21 heavy (non-hydrogen) atoms. The minimum absolute atomic E-state index is 0.0795. The molecule has 0 radical (unpaired) electrons. The van der Waals surface area contributed by atoms with E-state index in [2.05, 4.69) is 10.5 Å². The summed E-state index contributed by atoms with van der Waals surface area (Å²) in [6.45, 7) is 7.95. The molecule has 112 valence electrons. The molecule has 0 bridgehead atoms. The number of benzene rings is 1. The van der Waals surface area contributed by atoms with Gasteiger partial charge in [-0.25, -0.2) is 0 Å². The zero-order valence-electron chi connectivity index (χ0n) is 12.7. The molecule has 0 unspecified atom stereocenters. The van der Waals surface area contributed by atoms with Crippen molar-refractivity contribution in [3.8, 4) is 0 Å². The Hall–Kier alpha value is -1.75. The number of nitrogens with zero attached hydrogens (tertiary/aromatic N) is 1. The summed E-state index contributed by atoms with van der Waals surface area (Å²) in [4.78, 5) is 13.2. The van der Waals surface area contributed by atoms with Gasteiger partial charge in [-0.05, 0) is 26.0 Å². The summed E-state index contributed by atoms with van der Waals surface area (Å²) < 4.78 is 5.17. The minimum Gasteiger partial charge on any atom is -0.359 e. The quantitative estimate of drug-likeness (QED) is 0.840. The van der Waals surface area contributed by atoms with E-state index in [0.29, 0.717) is 5.82 Å². The van der Waals surface area contributed by atoms with Crippen LogP contribution in [0.1, 0.15) is 38.0 Å². The lowest BCUT2D eigenvalue weighted by Gasteiger charge is -2.10. The van der Waals surface area contributed by atoms with E-state index in [1.807, 2.05) is 52.0 Å². The summed E-state index contributed by atoms with van der Waals surface area (Å²) in [6.07, 6.45) is 0. The second kappa shape index (κ2) is 6.80. The first-order chi connectivity index (χ1) is 9.95. The predicted molar refractivity (Wildman–Crippen MR) is 85.7 cm³/mol. The first-order valence-electron chi connectivity index (χ1n) is 6.96. The molecule has 0 aliphatic heterocycles. The van der Waals surface area contributed by atoms with E-state index in [-0.39, 0.29) is 17.1 Å². The van der Waals surface area contributed by atoms with Crippen LogP contribution < -0.4 is 5.32 Å². The number of nitrogens with one attached hydrogen (secondary N) is 1. The van der Waals surface area contributed by atoms with Gasteiger partial charge in [-0.2, -0.15) is 0 Å². The molecular weight excluding hydrogens is 284 g/mol. The van der Waals surface area contributed by atoms with Crippen LogP contribution in [0, 0.1) is 6.92 Å². The van der Waals surface area contributed by atoms with Crippen molar-refractivity contribution in [1.29, 1.82) is 0 Å². The molecule has 0 saturated heterocycles. The van der Waals surface area contributed by atoms with Crippen LogP contribution in [0.2, 0.25) is 0 Å². The molecule has 5 heteroatoms. The summed E-state index contributed by atoms with van der Waals surface area (Å²) in [5, 5.41) is 6.44. The van der Waals surface area contributed by atoms with Gasteiger partial charge in [0.2, 0.25) is 5.91 Å². The van der Waals surface area contributed by atoms with Gasteiger partial charge in [0.25, 0.3) is 0 Å². The molecule has 0 spiro atoms. The van der Waals surface area contributed by atoms with Crippen LogP contribution in [-0.2, 0) is 4.79 Å². The molecule has 0 saturated carbocycles. The highest BCUT2D eigenvalue weighted by Gasteiger charge is 2.17. The van der Waals surface area contributed by atoms with E-state index >= 15 is 0 Å². The average molecular weight is 304 g/mol. The van der Waals surface area contributed by atoms with E-state index in [9.17, 15) is 4.79 Å². The van der Waals surface area contributed by atoms with Gasteiger partial charge in [-0.15, -0.1) is 11.8 Å². The number of thioether (sulfide) groups is 1. The van der Waals surface area contributed by atoms with E-state index in [4.69, 9.17) is 4.52 Å². The second-order valence-corrected chi connectivity index (χ2v) is 6.75. The summed E-state index contributed by atoms with van der Waals surface area (Å²) in [7, 11) is 0. The third-order valence-electron chi connectivity index (χ3n) is 3.05. The molecule has 0 aliphatic carbocycles. The maximum atomic E-state index is 12.1. The third kappa shape index (κ3) is 4.36. The van der Waals surface area contributed by atoms with E-state index in [1.54, 1.807) is 6.07 Å². The van der Waals surface area contributed by atoms with Gasteiger partial charge in [0, 0.05) is 16.9 Å². The zero-order chi connectivity index (χ0) is 15.4. The first-order valence-corrected chi connectivity index (χ1v) is 7.84. The van der Waals surface area contributed by atoms with Crippen LogP contribution >= 0.6 is 11.8 Å². The monoisotopic (exact) mass is 304 g/mol. The average Bonchev–Trinajstić information content (AvgIpc) is 2.90. The smallest absolute Gasteiger partial charge is 0.238 e. The summed E-state index contributed by atoms with van der Waals surface area (Å²) in [5.74, 6) is 1.41. The van der Waals surface area contributed by atoms with Gasteiger partial charge in [-0.3, -0.25) is 4.79 Å². The van der Waals surface area contributed by atoms with Crippen LogP contribution in [0.5, 0.6) is 0 Å². The van der Waals surface area contributed by atoms with Crippen LogP contribution in [0.25, 0.3) is 0 Å². The number of hydrogen-bond acceptors (Lipinski definition) is 4. The fraction of sp³-hybridized carbons (Fsp3) is 0.375. The molecule has 2 aromatic rings. The number of anilines is 1. The topological polar surface area (TPSA) is 55.1 Å². The first kappa shape index (κ1) is 15.6. The Morgan fingerprint density at radius 3 is 2.48 bits per heavy atom. The number of amides is 1. The second-order valence-electron chi connectivity index (χ2n) is 5.33. The molecule has 1 aromatic carbocycles.